The zero-order valence-corrected chi connectivity index (χ0v) is 16.9. The average Bonchev–Trinajstić information content (AvgIpc) is 2.77. The number of benzene rings is 2. The maximum absolute atomic E-state index is 12.2. The van der Waals surface area contributed by atoms with Crippen molar-refractivity contribution in [3.8, 4) is 23.3 Å². The minimum atomic E-state index is -0.744. The van der Waals surface area contributed by atoms with Crippen molar-refractivity contribution in [1.82, 2.24) is 0 Å². The molecule has 0 heterocycles. The van der Waals surface area contributed by atoms with Gasteiger partial charge in [0, 0.05) is 6.08 Å². The molecule has 0 unspecified atom stereocenters. The first-order valence-electron chi connectivity index (χ1n) is 9.01. The van der Waals surface area contributed by atoms with E-state index in [1.807, 2.05) is 31.2 Å². The molecular weight excluding hydrogens is 386 g/mol. The monoisotopic (exact) mass is 407 g/mol. The molecule has 0 aliphatic carbocycles. The van der Waals surface area contributed by atoms with Gasteiger partial charge in [-0.1, -0.05) is 18.2 Å². The second-order valence-corrected chi connectivity index (χ2v) is 5.83. The van der Waals surface area contributed by atoms with Crippen LogP contribution in [0.5, 0.6) is 17.2 Å². The second-order valence-electron chi connectivity index (χ2n) is 5.83. The summed E-state index contributed by atoms with van der Waals surface area (Å²) in [7, 11) is 2.61. The van der Waals surface area contributed by atoms with Crippen molar-refractivity contribution >= 4 is 24.1 Å². The molecule has 0 N–H and O–H groups in total. The molecule has 0 radical (unpaired) electrons. The third kappa shape index (κ3) is 6.24. The number of esters is 2. The van der Waals surface area contributed by atoms with E-state index in [0.29, 0.717) is 12.2 Å². The fourth-order valence-corrected chi connectivity index (χ4v) is 2.42. The molecule has 0 saturated heterocycles. The molecule has 30 heavy (non-hydrogen) atoms. The summed E-state index contributed by atoms with van der Waals surface area (Å²) in [6.07, 6.45) is 4.27. The highest BCUT2D eigenvalue weighted by atomic mass is 16.6. The van der Waals surface area contributed by atoms with E-state index in [9.17, 15) is 9.59 Å². The quantitative estimate of drug-likeness (QED) is 0.284. The molecular formula is C23H21NO6. The Bertz CT molecular complexity index is 999. The van der Waals surface area contributed by atoms with Gasteiger partial charge in [-0.2, -0.15) is 5.26 Å². The average molecular weight is 407 g/mol. The number of ether oxygens (including phenoxy) is 4. The number of carbonyl (C=O) groups is 2. The molecule has 0 fully saturated rings. The Hall–Kier alpha value is -4.05. The molecule has 0 aromatic heterocycles. The van der Waals surface area contributed by atoms with E-state index in [1.54, 1.807) is 24.3 Å². The van der Waals surface area contributed by atoms with Gasteiger partial charge in [-0.05, 0) is 54.5 Å². The zero-order chi connectivity index (χ0) is 21.9. The van der Waals surface area contributed by atoms with Crippen LogP contribution in [0.3, 0.4) is 0 Å². The standard InChI is InChI=1S/C23H21NO6/c1-4-29-19-9-5-16(6-10-19)8-12-22(25)30-20-11-7-17(14-21(20)27-2)13-18(15-24)23(26)28-3/h5-14H,4H2,1-3H3/b12-8+,18-13+. The van der Waals surface area contributed by atoms with Crippen molar-refractivity contribution in [2.45, 2.75) is 6.92 Å². The highest BCUT2D eigenvalue weighted by molar-refractivity contribution is 5.98. The molecule has 0 bridgehead atoms. The predicted octanol–water partition coefficient (Wildman–Crippen LogP) is 3.79. The van der Waals surface area contributed by atoms with Gasteiger partial charge < -0.3 is 18.9 Å². The largest absolute Gasteiger partial charge is 0.494 e. The molecule has 7 heteroatoms. The van der Waals surface area contributed by atoms with E-state index in [-0.39, 0.29) is 17.1 Å². The second kappa shape index (κ2) is 11.1. The lowest BCUT2D eigenvalue weighted by atomic mass is 10.1. The van der Waals surface area contributed by atoms with Crippen LogP contribution < -0.4 is 14.2 Å². The van der Waals surface area contributed by atoms with Crippen LogP contribution in [0.25, 0.3) is 12.2 Å². The summed E-state index contributed by atoms with van der Waals surface area (Å²) in [6, 6.07) is 13.7. The first-order chi connectivity index (χ1) is 14.5. The number of nitriles is 1. The van der Waals surface area contributed by atoms with Crippen LogP contribution in [0.1, 0.15) is 18.1 Å². The first kappa shape index (κ1) is 22.2. The van der Waals surface area contributed by atoms with E-state index in [4.69, 9.17) is 19.5 Å². The molecule has 0 atom stereocenters. The van der Waals surface area contributed by atoms with Gasteiger partial charge in [0.1, 0.15) is 17.4 Å². The fraction of sp³-hybridized carbons (Fsp3) is 0.174. The maximum atomic E-state index is 12.2. The summed E-state index contributed by atoms with van der Waals surface area (Å²) in [5, 5.41) is 9.05. The number of carbonyl (C=O) groups excluding carboxylic acids is 2. The lowest BCUT2D eigenvalue weighted by Gasteiger charge is -2.09. The molecule has 154 valence electrons. The molecule has 2 aromatic carbocycles. The van der Waals surface area contributed by atoms with Gasteiger partial charge in [-0.3, -0.25) is 0 Å². The van der Waals surface area contributed by atoms with Gasteiger partial charge in [0.25, 0.3) is 0 Å². The first-order valence-corrected chi connectivity index (χ1v) is 9.01. The Labute approximate surface area is 174 Å². The van der Waals surface area contributed by atoms with Crippen LogP contribution in [0.15, 0.2) is 54.1 Å². The molecule has 0 saturated carbocycles. The minimum Gasteiger partial charge on any atom is -0.494 e. The predicted molar refractivity (Wildman–Crippen MR) is 111 cm³/mol. The van der Waals surface area contributed by atoms with Gasteiger partial charge >= 0.3 is 11.9 Å². The van der Waals surface area contributed by atoms with E-state index >= 15 is 0 Å². The Balaban J connectivity index is 2.12. The maximum Gasteiger partial charge on any atom is 0.348 e. The SMILES string of the molecule is CCOc1ccc(/C=C/C(=O)Oc2ccc(/C=C(\C#N)C(=O)OC)cc2OC)cc1. The number of methoxy groups -OCH3 is 2. The number of nitrogens with zero attached hydrogens (tertiary/aromatic N) is 1. The van der Waals surface area contributed by atoms with Crippen molar-refractivity contribution in [2.24, 2.45) is 0 Å². The summed E-state index contributed by atoms with van der Waals surface area (Å²) in [6.45, 7) is 2.49. The van der Waals surface area contributed by atoms with E-state index in [2.05, 4.69) is 4.74 Å². The number of rotatable bonds is 8. The molecule has 0 aliphatic rings. The van der Waals surface area contributed by atoms with E-state index < -0.39 is 11.9 Å². The Morgan fingerprint density at radius 2 is 1.73 bits per heavy atom. The molecule has 2 rings (SSSR count). The molecule has 0 amide bonds. The van der Waals surface area contributed by atoms with Crippen LogP contribution in [0.2, 0.25) is 0 Å². The van der Waals surface area contributed by atoms with Gasteiger partial charge in [0.05, 0.1) is 20.8 Å². The smallest absolute Gasteiger partial charge is 0.348 e. The van der Waals surface area contributed by atoms with E-state index in [1.165, 1.54) is 32.4 Å². The normalized spacial score (nSPS) is 10.9. The van der Waals surface area contributed by atoms with Gasteiger partial charge in [0.15, 0.2) is 11.5 Å². The van der Waals surface area contributed by atoms with Crippen LogP contribution in [-0.2, 0) is 14.3 Å². The van der Waals surface area contributed by atoms with Crippen molar-refractivity contribution in [3.05, 3.63) is 65.2 Å². The number of hydrogen-bond acceptors (Lipinski definition) is 7. The molecule has 7 nitrogen and oxygen atoms in total. The summed E-state index contributed by atoms with van der Waals surface area (Å²) in [4.78, 5) is 23.7. The highest BCUT2D eigenvalue weighted by Crippen LogP contribution is 2.29. The van der Waals surface area contributed by atoms with Crippen LogP contribution >= 0.6 is 0 Å². The molecule has 0 spiro atoms. The lowest BCUT2D eigenvalue weighted by molar-refractivity contribution is -0.135. The fourth-order valence-electron chi connectivity index (χ4n) is 2.42. The molecule has 2 aromatic rings. The summed E-state index contributed by atoms with van der Waals surface area (Å²) >= 11 is 0. The van der Waals surface area contributed by atoms with Crippen LogP contribution in [-0.4, -0.2) is 32.8 Å². The van der Waals surface area contributed by atoms with Crippen molar-refractivity contribution in [3.63, 3.8) is 0 Å². The van der Waals surface area contributed by atoms with Crippen molar-refractivity contribution < 1.29 is 28.5 Å². The lowest BCUT2D eigenvalue weighted by Crippen LogP contribution is -2.05. The summed E-state index contributed by atoms with van der Waals surface area (Å²) < 4.78 is 20.5. The third-order valence-electron chi connectivity index (χ3n) is 3.84. The van der Waals surface area contributed by atoms with Gasteiger partial charge in [0.2, 0.25) is 0 Å². The van der Waals surface area contributed by atoms with Gasteiger partial charge in [-0.25, -0.2) is 9.59 Å². The third-order valence-corrected chi connectivity index (χ3v) is 3.84. The molecule has 0 aliphatic heterocycles. The Morgan fingerprint density at radius 3 is 2.33 bits per heavy atom. The highest BCUT2D eigenvalue weighted by Gasteiger charge is 2.12. The van der Waals surface area contributed by atoms with Crippen molar-refractivity contribution in [2.75, 3.05) is 20.8 Å². The number of hydrogen-bond donors (Lipinski definition) is 0. The van der Waals surface area contributed by atoms with Gasteiger partial charge in [-0.15, -0.1) is 0 Å². The summed E-state index contributed by atoms with van der Waals surface area (Å²) in [5.74, 6) is -0.103. The van der Waals surface area contributed by atoms with Crippen LogP contribution in [0, 0.1) is 11.3 Å². The minimum absolute atomic E-state index is 0.164. The van der Waals surface area contributed by atoms with Crippen LogP contribution in [0.4, 0.5) is 0 Å². The Morgan fingerprint density at radius 1 is 1.03 bits per heavy atom. The van der Waals surface area contributed by atoms with Crippen molar-refractivity contribution in [1.29, 1.82) is 5.26 Å². The summed E-state index contributed by atoms with van der Waals surface area (Å²) in [5.41, 5.74) is 1.16. The zero-order valence-electron chi connectivity index (χ0n) is 16.9. The Kier molecular flexibility index (Phi) is 8.21. The topological polar surface area (TPSA) is 94.9 Å². The van der Waals surface area contributed by atoms with E-state index in [0.717, 1.165) is 11.3 Å².